The van der Waals surface area contributed by atoms with Gasteiger partial charge in [0.25, 0.3) is 5.91 Å². The second-order valence-electron chi connectivity index (χ2n) is 7.09. The molecule has 0 spiro atoms. The number of hydrazine groups is 1. The number of rotatable bonds is 8. The van der Waals surface area contributed by atoms with E-state index in [1.807, 2.05) is 31.4 Å². The predicted octanol–water partition coefficient (Wildman–Crippen LogP) is 3.72. The SMILES string of the molecule is CCN(CC)Cc1ccc(C(=O)NNC(=O)c2cc(C)n(Cc3cccs3)c2C)o1. The molecule has 3 rings (SSSR count). The fourth-order valence-corrected chi connectivity index (χ4v) is 4.02. The molecule has 3 aromatic heterocycles. The number of nitrogens with zero attached hydrogens (tertiary/aromatic N) is 2. The third kappa shape index (κ3) is 5.01. The van der Waals surface area contributed by atoms with Gasteiger partial charge in [-0.1, -0.05) is 19.9 Å². The van der Waals surface area contributed by atoms with Crippen LogP contribution in [0.4, 0.5) is 0 Å². The fourth-order valence-electron chi connectivity index (χ4n) is 3.33. The first-order valence-corrected chi connectivity index (χ1v) is 10.9. The van der Waals surface area contributed by atoms with Crippen molar-refractivity contribution in [2.75, 3.05) is 13.1 Å². The van der Waals surface area contributed by atoms with Gasteiger partial charge in [0.1, 0.15) is 5.76 Å². The number of furan rings is 1. The van der Waals surface area contributed by atoms with Gasteiger partial charge in [0.05, 0.1) is 18.7 Å². The monoisotopic (exact) mass is 428 g/mol. The molecule has 0 bridgehead atoms. The van der Waals surface area contributed by atoms with E-state index in [9.17, 15) is 9.59 Å². The van der Waals surface area contributed by atoms with Crippen LogP contribution in [0.2, 0.25) is 0 Å². The lowest BCUT2D eigenvalue weighted by Crippen LogP contribution is -2.41. The lowest BCUT2D eigenvalue weighted by molar-refractivity contribution is 0.0828. The molecule has 160 valence electrons. The second-order valence-corrected chi connectivity index (χ2v) is 8.12. The molecule has 0 aliphatic rings. The first-order chi connectivity index (χ1) is 14.4. The standard InChI is InChI=1S/C22H28N4O3S/c1-5-25(6-2)13-17-9-10-20(29-17)22(28)24-23-21(27)19-12-15(3)26(16(19)4)14-18-8-7-11-30-18/h7-12H,5-6,13-14H2,1-4H3,(H,23,27)(H,24,28). The highest BCUT2D eigenvalue weighted by atomic mass is 32.1. The normalized spacial score (nSPS) is 11.1. The average Bonchev–Trinajstić information content (AvgIpc) is 3.48. The highest BCUT2D eigenvalue weighted by molar-refractivity contribution is 7.09. The Balaban J connectivity index is 1.60. The van der Waals surface area contributed by atoms with Gasteiger partial charge < -0.3 is 8.98 Å². The second kappa shape index (κ2) is 9.77. The maximum atomic E-state index is 12.6. The number of thiophene rings is 1. The van der Waals surface area contributed by atoms with E-state index in [-0.39, 0.29) is 11.7 Å². The molecule has 7 nitrogen and oxygen atoms in total. The van der Waals surface area contributed by atoms with Crippen LogP contribution >= 0.6 is 11.3 Å². The molecule has 0 saturated carbocycles. The van der Waals surface area contributed by atoms with E-state index in [1.54, 1.807) is 23.5 Å². The maximum Gasteiger partial charge on any atom is 0.305 e. The number of carbonyl (C=O) groups excluding carboxylic acids is 2. The Hall–Kier alpha value is -2.84. The minimum atomic E-state index is -0.485. The zero-order valence-corrected chi connectivity index (χ0v) is 18.6. The van der Waals surface area contributed by atoms with E-state index < -0.39 is 5.91 Å². The molecular weight excluding hydrogens is 400 g/mol. The van der Waals surface area contributed by atoms with Crippen molar-refractivity contribution in [3.05, 3.63) is 69.1 Å². The molecule has 0 fully saturated rings. The van der Waals surface area contributed by atoms with Crippen LogP contribution in [0.5, 0.6) is 0 Å². The lowest BCUT2D eigenvalue weighted by Gasteiger charge is -2.15. The average molecular weight is 429 g/mol. The number of aryl methyl sites for hydroxylation is 1. The van der Waals surface area contributed by atoms with E-state index >= 15 is 0 Å². The van der Waals surface area contributed by atoms with Crippen LogP contribution in [0.3, 0.4) is 0 Å². The summed E-state index contributed by atoms with van der Waals surface area (Å²) in [6.07, 6.45) is 0. The van der Waals surface area contributed by atoms with Crippen LogP contribution in [0, 0.1) is 13.8 Å². The van der Waals surface area contributed by atoms with Gasteiger partial charge in [-0.25, -0.2) is 0 Å². The van der Waals surface area contributed by atoms with Gasteiger partial charge in [-0.05, 0) is 56.6 Å². The molecule has 3 heterocycles. The Kier molecular flexibility index (Phi) is 7.12. The number of hydrogen-bond acceptors (Lipinski definition) is 5. The molecule has 0 aliphatic carbocycles. The summed E-state index contributed by atoms with van der Waals surface area (Å²) in [5, 5.41) is 2.04. The van der Waals surface area contributed by atoms with E-state index in [2.05, 4.69) is 40.2 Å². The van der Waals surface area contributed by atoms with Crippen molar-refractivity contribution >= 4 is 23.2 Å². The summed E-state index contributed by atoms with van der Waals surface area (Å²) in [5.74, 6) is 0.0401. The van der Waals surface area contributed by atoms with E-state index in [4.69, 9.17) is 4.42 Å². The zero-order chi connectivity index (χ0) is 21.7. The summed E-state index contributed by atoms with van der Waals surface area (Å²) in [6, 6.07) is 9.32. The van der Waals surface area contributed by atoms with Gasteiger partial charge in [0.2, 0.25) is 0 Å². The molecule has 2 amide bonds. The third-order valence-electron chi connectivity index (χ3n) is 5.16. The molecule has 0 saturated heterocycles. The Labute approximate surface area is 180 Å². The summed E-state index contributed by atoms with van der Waals surface area (Å²) in [5.41, 5.74) is 7.31. The van der Waals surface area contributed by atoms with Crippen LogP contribution < -0.4 is 10.9 Å². The molecule has 0 atom stereocenters. The predicted molar refractivity (Wildman–Crippen MR) is 118 cm³/mol. The van der Waals surface area contributed by atoms with Gasteiger partial charge in [-0.15, -0.1) is 11.3 Å². The van der Waals surface area contributed by atoms with Crippen LogP contribution in [0.15, 0.2) is 40.1 Å². The summed E-state index contributed by atoms with van der Waals surface area (Å²) in [7, 11) is 0. The number of nitrogens with one attached hydrogen (secondary N) is 2. The van der Waals surface area contributed by atoms with Crippen molar-refractivity contribution < 1.29 is 14.0 Å². The molecular formula is C22H28N4O3S. The number of hydrogen-bond donors (Lipinski definition) is 2. The van der Waals surface area contributed by atoms with Crippen molar-refractivity contribution in [3.63, 3.8) is 0 Å². The Morgan fingerprint density at radius 1 is 1.10 bits per heavy atom. The van der Waals surface area contributed by atoms with Gasteiger partial charge in [-0.2, -0.15) is 0 Å². The Bertz CT molecular complexity index is 1000. The Morgan fingerprint density at radius 3 is 2.50 bits per heavy atom. The highest BCUT2D eigenvalue weighted by Crippen LogP contribution is 2.19. The minimum Gasteiger partial charge on any atom is -0.454 e. The van der Waals surface area contributed by atoms with Gasteiger partial charge in [0.15, 0.2) is 5.76 Å². The third-order valence-corrected chi connectivity index (χ3v) is 6.02. The fraction of sp³-hybridized carbons (Fsp3) is 0.364. The van der Waals surface area contributed by atoms with Crippen molar-refractivity contribution in [1.29, 1.82) is 0 Å². The number of carbonyl (C=O) groups is 2. The van der Waals surface area contributed by atoms with E-state index in [1.165, 1.54) is 4.88 Å². The highest BCUT2D eigenvalue weighted by Gasteiger charge is 2.18. The first-order valence-electron chi connectivity index (χ1n) is 10.0. The van der Waals surface area contributed by atoms with E-state index in [0.29, 0.717) is 17.9 Å². The van der Waals surface area contributed by atoms with Gasteiger partial charge in [-0.3, -0.25) is 25.3 Å². The summed E-state index contributed by atoms with van der Waals surface area (Å²) in [4.78, 5) is 28.4. The van der Waals surface area contributed by atoms with Gasteiger partial charge >= 0.3 is 5.91 Å². The van der Waals surface area contributed by atoms with Crippen LogP contribution in [0.25, 0.3) is 0 Å². The van der Waals surface area contributed by atoms with Crippen molar-refractivity contribution in [2.45, 2.75) is 40.8 Å². The van der Waals surface area contributed by atoms with Crippen LogP contribution in [-0.4, -0.2) is 34.4 Å². The van der Waals surface area contributed by atoms with Crippen LogP contribution in [0.1, 0.15) is 56.8 Å². The first kappa shape index (κ1) is 21.9. The van der Waals surface area contributed by atoms with Crippen molar-refractivity contribution in [3.8, 4) is 0 Å². The largest absolute Gasteiger partial charge is 0.454 e. The van der Waals surface area contributed by atoms with Crippen LogP contribution in [-0.2, 0) is 13.1 Å². The summed E-state index contributed by atoms with van der Waals surface area (Å²) < 4.78 is 7.71. The molecule has 0 radical (unpaired) electrons. The van der Waals surface area contributed by atoms with E-state index in [0.717, 1.165) is 31.0 Å². The molecule has 30 heavy (non-hydrogen) atoms. The lowest BCUT2D eigenvalue weighted by atomic mass is 10.2. The topological polar surface area (TPSA) is 79.5 Å². The van der Waals surface area contributed by atoms with Gasteiger partial charge in [0, 0.05) is 16.3 Å². The molecule has 2 N–H and O–H groups in total. The Morgan fingerprint density at radius 2 is 1.83 bits per heavy atom. The molecule has 0 aliphatic heterocycles. The quantitative estimate of drug-likeness (QED) is 0.536. The van der Waals surface area contributed by atoms with Crippen molar-refractivity contribution in [2.24, 2.45) is 0 Å². The summed E-state index contributed by atoms with van der Waals surface area (Å²) >= 11 is 1.68. The number of aromatic nitrogens is 1. The minimum absolute atomic E-state index is 0.167. The molecule has 3 aromatic rings. The summed E-state index contributed by atoms with van der Waals surface area (Å²) in [6.45, 7) is 11.2. The maximum absolute atomic E-state index is 12.6. The molecule has 0 aromatic carbocycles. The smallest absolute Gasteiger partial charge is 0.305 e. The van der Waals surface area contributed by atoms with Crippen molar-refractivity contribution in [1.82, 2.24) is 20.3 Å². The zero-order valence-electron chi connectivity index (χ0n) is 17.8. The molecule has 0 unspecified atom stereocenters. The number of amides is 2. The molecule has 8 heteroatoms.